The second-order valence-electron chi connectivity index (χ2n) is 5.03. The Labute approximate surface area is 119 Å². The predicted molar refractivity (Wildman–Crippen MR) is 81.3 cm³/mol. The highest BCUT2D eigenvalue weighted by Gasteiger charge is 2.10. The monoisotopic (exact) mass is 275 g/mol. The molecule has 0 radical (unpaired) electrons. The van der Waals surface area contributed by atoms with Crippen molar-refractivity contribution in [2.75, 3.05) is 0 Å². The maximum absolute atomic E-state index is 4.27. The van der Waals surface area contributed by atoms with E-state index in [4.69, 9.17) is 0 Å². The van der Waals surface area contributed by atoms with E-state index in [0.717, 1.165) is 24.2 Å². The molecule has 0 unspecified atom stereocenters. The van der Waals surface area contributed by atoms with Crippen molar-refractivity contribution < 1.29 is 0 Å². The third-order valence-electron chi connectivity index (χ3n) is 2.99. The zero-order valence-corrected chi connectivity index (χ0v) is 12.6. The molecule has 0 aliphatic heterocycles. The van der Waals surface area contributed by atoms with E-state index in [9.17, 15) is 0 Å². The molecule has 1 aromatic carbocycles. The average molecular weight is 275 g/mol. The molecule has 0 spiro atoms. The van der Waals surface area contributed by atoms with Crippen molar-refractivity contribution >= 4 is 11.5 Å². The molecule has 102 valence electrons. The van der Waals surface area contributed by atoms with Crippen molar-refractivity contribution in [2.24, 2.45) is 0 Å². The lowest BCUT2D eigenvalue weighted by atomic mass is 10.1. The van der Waals surface area contributed by atoms with E-state index in [2.05, 4.69) is 59.9 Å². The van der Waals surface area contributed by atoms with Gasteiger partial charge in [0, 0.05) is 18.2 Å². The Balaban J connectivity index is 2.15. The number of aromatic nitrogens is 2. The van der Waals surface area contributed by atoms with Gasteiger partial charge in [-0.05, 0) is 23.5 Å². The average Bonchev–Trinajstić information content (AvgIpc) is 2.86. The third-order valence-corrected chi connectivity index (χ3v) is 3.71. The van der Waals surface area contributed by atoms with Crippen LogP contribution in [0, 0.1) is 0 Å². The van der Waals surface area contributed by atoms with Gasteiger partial charge in [0.1, 0.15) is 5.69 Å². The first-order valence-corrected chi connectivity index (χ1v) is 7.62. The molecule has 0 aliphatic carbocycles. The number of hydrogen-bond acceptors (Lipinski definition) is 4. The molecule has 0 aliphatic rings. The minimum Gasteiger partial charge on any atom is -0.310 e. The van der Waals surface area contributed by atoms with Gasteiger partial charge in [-0.15, -0.1) is 5.10 Å². The van der Waals surface area contributed by atoms with E-state index in [1.807, 2.05) is 0 Å². The lowest BCUT2D eigenvalue weighted by molar-refractivity contribution is 0.593. The number of hydrogen-bond donors (Lipinski definition) is 1. The number of nitrogens with zero attached hydrogens (tertiary/aromatic N) is 2. The van der Waals surface area contributed by atoms with Crippen LogP contribution in [0.2, 0.25) is 0 Å². The second-order valence-corrected chi connectivity index (χ2v) is 5.87. The molecule has 0 saturated carbocycles. The van der Waals surface area contributed by atoms with Crippen LogP contribution >= 0.6 is 11.5 Å². The van der Waals surface area contributed by atoms with Crippen LogP contribution in [0.15, 0.2) is 24.3 Å². The number of aryl methyl sites for hydroxylation is 1. The normalized spacial score (nSPS) is 11.2. The fourth-order valence-corrected chi connectivity index (χ4v) is 2.57. The quantitative estimate of drug-likeness (QED) is 0.874. The van der Waals surface area contributed by atoms with E-state index in [0.29, 0.717) is 6.04 Å². The lowest BCUT2D eigenvalue weighted by Gasteiger charge is -2.07. The van der Waals surface area contributed by atoms with E-state index in [-0.39, 0.29) is 0 Å². The van der Waals surface area contributed by atoms with Crippen LogP contribution in [0.4, 0.5) is 0 Å². The summed E-state index contributed by atoms with van der Waals surface area (Å²) in [6, 6.07) is 9.17. The standard InChI is InChI=1S/C15H21N3S/c1-4-5-12-6-8-13(9-7-12)15-14(19-18-17-15)10-16-11(2)3/h6-9,11,16H,4-5,10H2,1-3H3. The van der Waals surface area contributed by atoms with Gasteiger partial charge < -0.3 is 5.32 Å². The summed E-state index contributed by atoms with van der Waals surface area (Å²) in [6.07, 6.45) is 2.32. The molecule has 0 atom stereocenters. The molecular formula is C15H21N3S. The predicted octanol–water partition coefficient (Wildman–Crippen LogP) is 3.66. The van der Waals surface area contributed by atoms with Crippen LogP contribution < -0.4 is 5.32 Å². The molecule has 1 aromatic heterocycles. The maximum atomic E-state index is 4.27. The largest absolute Gasteiger partial charge is 0.310 e. The molecule has 3 nitrogen and oxygen atoms in total. The molecular weight excluding hydrogens is 254 g/mol. The molecule has 0 fully saturated rings. The third kappa shape index (κ3) is 3.85. The second kappa shape index (κ2) is 6.78. The van der Waals surface area contributed by atoms with Crippen molar-refractivity contribution in [3.63, 3.8) is 0 Å². The lowest BCUT2D eigenvalue weighted by Crippen LogP contribution is -2.21. The minimum atomic E-state index is 0.474. The van der Waals surface area contributed by atoms with Gasteiger partial charge in [-0.3, -0.25) is 0 Å². The zero-order chi connectivity index (χ0) is 13.7. The molecule has 0 bridgehead atoms. The maximum Gasteiger partial charge on any atom is 0.110 e. The van der Waals surface area contributed by atoms with Crippen LogP contribution in [-0.4, -0.2) is 15.6 Å². The molecule has 2 rings (SSSR count). The van der Waals surface area contributed by atoms with Crippen molar-refractivity contribution in [1.29, 1.82) is 0 Å². The topological polar surface area (TPSA) is 37.8 Å². The Kier molecular flexibility index (Phi) is 5.05. The van der Waals surface area contributed by atoms with Crippen LogP contribution in [0.25, 0.3) is 11.3 Å². The van der Waals surface area contributed by atoms with E-state index in [1.54, 1.807) is 0 Å². The summed E-state index contributed by atoms with van der Waals surface area (Å²) < 4.78 is 4.09. The van der Waals surface area contributed by atoms with Crippen LogP contribution in [0.3, 0.4) is 0 Å². The Morgan fingerprint density at radius 2 is 1.95 bits per heavy atom. The Morgan fingerprint density at radius 1 is 1.21 bits per heavy atom. The Hall–Kier alpha value is -1.26. The summed E-state index contributed by atoms with van der Waals surface area (Å²) in [5.41, 5.74) is 3.56. The Bertz CT molecular complexity index is 502. The van der Waals surface area contributed by atoms with Crippen molar-refractivity contribution in [1.82, 2.24) is 14.9 Å². The van der Waals surface area contributed by atoms with Gasteiger partial charge in [0.25, 0.3) is 0 Å². The van der Waals surface area contributed by atoms with Crippen LogP contribution in [0.1, 0.15) is 37.6 Å². The highest BCUT2D eigenvalue weighted by atomic mass is 32.1. The molecule has 0 amide bonds. The van der Waals surface area contributed by atoms with Gasteiger partial charge in [-0.2, -0.15) is 0 Å². The van der Waals surface area contributed by atoms with E-state index < -0.39 is 0 Å². The van der Waals surface area contributed by atoms with Gasteiger partial charge in [-0.1, -0.05) is 55.9 Å². The zero-order valence-electron chi connectivity index (χ0n) is 11.8. The first kappa shape index (κ1) is 14.2. The van der Waals surface area contributed by atoms with Crippen LogP contribution in [-0.2, 0) is 13.0 Å². The summed E-state index contributed by atoms with van der Waals surface area (Å²) in [7, 11) is 0. The van der Waals surface area contributed by atoms with Crippen molar-refractivity contribution in [2.45, 2.75) is 46.2 Å². The summed E-state index contributed by atoms with van der Waals surface area (Å²) >= 11 is 1.48. The Morgan fingerprint density at radius 3 is 2.58 bits per heavy atom. The fourth-order valence-electron chi connectivity index (χ4n) is 1.96. The first-order valence-electron chi connectivity index (χ1n) is 6.84. The molecule has 1 heterocycles. The fraction of sp³-hybridized carbons (Fsp3) is 0.467. The minimum absolute atomic E-state index is 0.474. The van der Waals surface area contributed by atoms with Gasteiger partial charge in [0.15, 0.2) is 0 Å². The summed E-state index contributed by atoms with van der Waals surface area (Å²) in [5.74, 6) is 0. The number of nitrogens with one attached hydrogen (secondary N) is 1. The van der Waals surface area contributed by atoms with Gasteiger partial charge in [0.2, 0.25) is 0 Å². The van der Waals surface area contributed by atoms with E-state index in [1.165, 1.54) is 28.4 Å². The first-order chi connectivity index (χ1) is 9.20. The van der Waals surface area contributed by atoms with Gasteiger partial charge >= 0.3 is 0 Å². The highest BCUT2D eigenvalue weighted by Crippen LogP contribution is 2.24. The molecule has 0 saturated heterocycles. The smallest absolute Gasteiger partial charge is 0.110 e. The van der Waals surface area contributed by atoms with E-state index >= 15 is 0 Å². The number of benzene rings is 1. The van der Waals surface area contributed by atoms with Crippen LogP contribution in [0.5, 0.6) is 0 Å². The number of rotatable bonds is 6. The van der Waals surface area contributed by atoms with Crippen molar-refractivity contribution in [3.05, 3.63) is 34.7 Å². The summed E-state index contributed by atoms with van der Waals surface area (Å²) in [6.45, 7) is 7.33. The highest BCUT2D eigenvalue weighted by molar-refractivity contribution is 7.05. The summed E-state index contributed by atoms with van der Waals surface area (Å²) in [4.78, 5) is 1.21. The van der Waals surface area contributed by atoms with Gasteiger partial charge in [-0.25, -0.2) is 0 Å². The molecule has 4 heteroatoms. The molecule has 19 heavy (non-hydrogen) atoms. The molecule has 1 N–H and O–H groups in total. The summed E-state index contributed by atoms with van der Waals surface area (Å²) in [5, 5.41) is 7.69. The van der Waals surface area contributed by atoms with Crippen molar-refractivity contribution in [3.8, 4) is 11.3 Å². The van der Waals surface area contributed by atoms with Gasteiger partial charge in [0.05, 0.1) is 4.88 Å². The molecule has 2 aromatic rings. The SMILES string of the molecule is CCCc1ccc(-c2nnsc2CNC(C)C)cc1.